The van der Waals surface area contributed by atoms with Crippen LogP contribution in [0.3, 0.4) is 0 Å². The molecule has 1 aliphatic heterocycles. The second kappa shape index (κ2) is 10.7. The van der Waals surface area contributed by atoms with Crippen LogP contribution in [0.1, 0.15) is 19.4 Å². The van der Waals surface area contributed by atoms with E-state index in [0.717, 1.165) is 11.5 Å². The molecule has 28 heavy (non-hydrogen) atoms. The van der Waals surface area contributed by atoms with Gasteiger partial charge in [0.25, 0.3) is 0 Å². The average Bonchev–Trinajstić information content (AvgIpc) is 2.65. The Kier molecular flexibility index (Phi) is 8.65. The maximum atomic E-state index is 13.2. The van der Waals surface area contributed by atoms with Crippen LogP contribution in [0.4, 0.5) is 4.39 Å². The molecule has 1 aliphatic rings. The van der Waals surface area contributed by atoms with Crippen molar-refractivity contribution >= 4 is 16.0 Å². The summed E-state index contributed by atoms with van der Waals surface area (Å²) in [4.78, 5) is 6.33. The van der Waals surface area contributed by atoms with E-state index in [1.807, 2.05) is 24.8 Å². The van der Waals surface area contributed by atoms with Crippen molar-refractivity contribution in [2.75, 3.05) is 52.1 Å². The van der Waals surface area contributed by atoms with Crippen molar-refractivity contribution in [3.63, 3.8) is 0 Å². The number of nitrogens with zero attached hydrogens (tertiary/aromatic N) is 3. The van der Waals surface area contributed by atoms with Gasteiger partial charge in [-0.2, -0.15) is 4.31 Å². The Morgan fingerprint density at radius 1 is 1.29 bits per heavy atom. The van der Waals surface area contributed by atoms with E-state index >= 15 is 0 Å². The van der Waals surface area contributed by atoms with Crippen LogP contribution in [-0.2, 0) is 21.2 Å². The predicted molar refractivity (Wildman–Crippen MR) is 109 cm³/mol. The van der Waals surface area contributed by atoms with E-state index in [2.05, 4.69) is 10.3 Å². The average molecular weight is 415 g/mol. The summed E-state index contributed by atoms with van der Waals surface area (Å²) >= 11 is 0. The van der Waals surface area contributed by atoms with Gasteiger partial charge in [-0.25, -0.2) is 12.8 Å². The molecule has 158 valence electrons. The molecule has 1 aromatic rings. The Labute approximate surface area is 167 Å². The molecule has 0 aliphatic carbocycles. The van der Waals surface area contributed by atoms with Gasteiger partial charge in [-0.3, -0.25) is 4.99 Å². The number of sulfonamides is 1. The van der Waals surface area contributed by atoms with Crippen molar-refractivity contribution in [2.45, 2.75) is 26.4 Å². The molecular weight excluding hydrogens is 383 g/mol. The Morgan fingerprint density at radius 2 is 2.00 bits per heavy atom. The fraction of sp³-hybridized carbons (Fsp3) is 0.632. The smallest absolute Gasteiger partial charge is 0.216 e. The summed E-state index contributed by atoms with van der Waals surface area (Å²) in [7, 11) is -1.60. The van der Waals surface area contributed by atoms with Crippen molar-refractivity contribution in [1.82, 2.24) is 14.5 Å². The van der Waals surface area contributed by atoms with Gasteiger partial charge in [0.15, 0.2) is 5.96 Å². The first kappa shape index (κ1) is 22.6. The Bertz CT molecular complexity index is 747. The molecule has 0 bridgehead atoms. The molecule has 1 fully saturated rings. The topological polar surface area (TPSA) is 74.2 Å². The largest absolute Gasteiger partial charge is 0.378 e. The first-order valence-corrected chi connectivity index (χ1v) is 11.2. The van der Waals surface area contributed by atoms with Crippen LogP contribution in [0.15, 0.2) is 29.3 Å². The first-order valence-electron chi connectivity index (χ1n) is 9.61. The highest BCUT2D eigenvalue weighted by atomic mass is 32.2. The van der Waals surface area contributed by atoms with Crippen LogP contribution in [0.5, 0.6) is 0 Å². The molecule has 0 unspecified atom stereocenters. The lowest BCUT2D eigenvalue weighted by Gasteiger charge is -2.35. The number of benzene rings is 1. The van der Waals surface area contributed by atoms with Gasteiger partial charge in [0.05, 0.1) is 18.5 Å². The summed E-state index contributed by atoms with van der Waals surface area (Å²) < 4.78 is 45.0. The number of aliphatic imine (C=N–C) groups is 1. The predicted octanol–water partition coefficient (Wildman–Crippen LogP) is 1.32. The van der Waals surface area contributed by atoms with Gasteiger partial charge >= 0.3 is 0 Å². The Hall–Kier alpha value is -1.71. The molecule has 1 saturated heterocycles. The van der Waals surface area contributed by atoms with Gasteiger partial charge in [-0.15, -0.1) is 0 Å². The van der Waals surface area contributed by atoms with Crippen LogP contribution in [-0.4, -0.2) is 81.8 Å². The van der Waals surface area contributed by atoms with Gasteiger partial charge in [-0.05, 0) is 38.0 Å². The third kappa shape index (κ3) is 7.03. The SMILES string of the molecule is CN=C(NCCc1cccc(F)c1)N1CCN(S(=O)(=O)CCOC(C)C)CC1. The lowest BCUT2D eigenvalue weighted by atomic mass is 10.1. The third-order valence-electron chi connectivity index (χ3n) is 4.52. The molecule has 7 nitrogen and oxygen atoms in total. The van der Waals surface area contributed by atoms with Crippen LogP contribution in [0.2, 0.25) is 0 Å². The van der Waals surface area contributed by atoms with E-state index in [-0.39, 0.29) is 24.3 Å². The van der Waals surface area contributed by atoms with Gasteiger partial charge < -0.3 is 15.0 Å². The number of ether oxygens (including phenoxy) is 1. The van der Waals surface area contributed by atoms with Gasteiger partial charge in [0.1, 0.15) is 5.82 Å². The second-order valence-electron chi connectivity index (χ2n) is 6.98. The summed E-state index contributed by atoms with van der Waals surface area (Å²) in [5, 5.41) is 3.27. The molecule has 0 radical (unpaired) electrons. The lowest BCUT2D eigenvalue weighted by molar-refractivity contribution is 0.0904. The molecule has 1 heterocycles. The van der Waals surface area contributed by atoms with Crippen LogP contribution in [0, 0.1) is 5.82 Å². The summed E-state index contributed by atoms with van der Waals surface area (Å²) in [5.41, 5.74) is 0.919. The number of hydrogen-bond donors (Lipinski definition) is 1. The Balaban J connectivity index is 1.78. The van der Waals surface area contributed by atoms with Crippen molar-refractivity contribution in [3.05, 3.63) is 35.6 Å². The molecule has 2 rings (SSSR count). The normalized spacial score (nSPS) is 16.6. The molecule has 0 amide bonds. The molecule has 0 aromatic heterocycles. The second-order valence-corrected chi connectivity index (χ2v) is 9.06. The summed E-state index contributed by atoms with van der Waals surface area (Å²) in [6, 6.07) is 6.54. The lowest BCUT2D eigenvalue weighted by Crippen LogP contribution is -2.54. The number of halogens is 1. The van der Waals surface area contributed by atoms with Crippen LogP contribution >= 0.6 is 0 Å². The quantitative estimate of drug-likeness (QED) is 0.513. The van der Waals surface area contributed by atoms with E-state index < -0.39 is 10.0 Å². The first-order chi connectivity index (χ1) is 13.3. The van der Waals surface area contributed by atoms with Gasteiger partial charge in [0.2, 0.25) is 10.0 Å². The minimum absolute atomic E-state index is 0.00574. The van der Waals surface area contributed by atoms with E-state index in [0.29, 0.717) is 39.1 Å². The van der Waals surface area contributed by atoms with Crippen LogP contribution in [0.25, 0.3) is 0 Å². The minimum atomic E-state index is -3.31. The number of rotatable bonds is 8. The summed E-state index contributed by atoms with van der Waals surface area (Å²) in [5.74, 6) is 0.501. The molecule has 0 atom stereocenters. The molecule has 9 heteroatoms. The van der Waals surface area contributed by atoms with Crippen LogP contribution < -0.4 is 5.32 Å². The Morgan fingerprint density at radius 3 is 2.61 bits per heavy atom. The third-order valence-corrected chi connectivity index (χ3v) is 6.36. The van der Waals surface area contributed by atoms with Gasteiger partial charge in [-0.1, -0.05) is 12.1 Å². The maximum Gasteiger partial charge on any atom is 0.216 e. The van der Waals surface area contributed by atoms with E-state index in [4.69, 9.17) is 4.74 Å². The van der Waals surface area contributed by atoms with Crippen molar-refractivity contribution < 1.29 is 17.5 Å². The minimum Gasteiger partial charge on any atom is -0.378 e. The molecule has 0 spiro atoms. The van der Waals surface area contributed by atoms with Crippen molar-refractivity contribution in [2.24, 2.45) is 4.99 Å². The van der Waals surface area contributed by atoms with Crippen molar-refractivity contribution in [3.8, 4) is 0 Å². The molecule has 1 aromatic carbocycles. The summed E-state index contributed by atoms with van der Waals surface area (Å²) in [6.45, 7) is 6.61. The highest BCUT2D eigenvalue weighted by Crippen LogP contribution is 2.09. The fourth-order valence-electron chi connectivity index (χ4n) is 3.04. The zero-order valence-electron chi connectivity index (χ0n) is 16.9. The zero-order valence-corrected chi connectivity index (χ0v) is 17.7. The fourth-order valence-corrected chi connectivity index (χ4v) is 4.32. The number of piperazine rings is 1. The highest BCUT2D eigenvalue weighted by Gasteiger charge is 2.27. The maximum absolute atomic E-state index is 13.2. The highest BCUT2D eigenvalue weighted by molar-refractivity contribution is 7.89. The zero-order chi connectivity index (χ0) is 20.6. The standard InChI is InChI=1S/C19H31FN4O3S/c1-16(2)27-13-14-28(25,26)24-11-9-23(10-12-24)19(21-3)22-8-7-17-5-4-6-18(20)15-17/h4-6,15-16H,7-14H2,1-3H3,(H,21,22). The summed E-state index contributed by atoms with van der Waals surface area (Å²) in [6.07, 6.45) is 0.704. The van der Waals surface area contributed by atoms with Gasteiger partial charge in [0, 0.05) is 39.8 Å². The molecule has 1 N–H and O–H groups in total. The van der Waals surface area contributed by atoms with E-state index in [9.17, 15) is 12.8 Å². The van der Waals surface area contributed by atoms with E-state index in [1.54, 1.807) is 13.1 Å². The van der Waals surface area contributed by atoms with Crippen molar-refractivity contribution in [1.29, 1.82) is 0 Å². The number of hydrogen-bond acceptors (Lipinski definition) is 4. The molecule has 0 saturated carbocycles. The number of guanidine groups is 1. The molecular formula is C19H31FN4O3S. The monoisotopic (exact) mass is 414 g/mol. The number of nitrogens with one attached hydrogen (secondary N) is 1. The van der Waals surface area contributed by atoms with E-state index in [1.165, 1.54) is 16.4 Å².